The average molecular weight is 276 g/mol. The van der Waals surface area contributed by atoms with Crippen LogP contribution in [0.3, 0.4) is 0 Å². The Balaban J connectivity index is 1.88. The van der Waals surface area contributed by atoms with Crippen LogP contribution in [0.4, 0.5) is 4.39 Å². The molecule has 3 aromatic rings. The minimum Gasteiger partial charge on any atom is -0.507 e. The van der Waals surface area contributed by atoms with Crippen LogP contribution in [-0.2, 0) is 6.42 Å². The molecule has 0 amide bonds. The van der Waals surface area contributed by atoms with Crippen molar-refractivity contribution < 1.29 is 14.0 Å². The number of phenolic OH excluding ortho intramolecular Hbond substituents is 1. The molecule has 0 aliphatic rings. The molecule has 2 aromatic heterocycles. The van der Waals surface area contributed by atoms with Crippen LogP contribution in [0.25, 0.3) is 11.5 Å². The molecular formula is C13H9FN2O2S. The largest absolute Gasteiger partial charge is 0.507 e. The highest BCUT2D eigenvalue weighted by atomic mass is 32.1. The Hall–Kier alpha value is -2.21. The van der Waals surface area contributed by atoms with Crippen LogP contribution >= 0.6 is 11.3 Å². The van der Waals surface area contributed by atoms with E-state index in [2.05, 4.69) is 10.1 Å². The van der Waals surface area contributed by atoms with Gasteiger partial charge in [-0.15, -0.1) is 11.3 Å². The van der Waals surface area contributed by atoms with Gasteiger partial charge in [0.1, 0.15) is 11.6 Å². The van der Waals surface area contributed by atoms with E-state index in [1.54, 1.807) is 11.3 Å². The number of benzene rings is 1. The molecule has 0 spiro atoms. The second-order valence-electron chi connectivity index (χ2n) is 3.93. The highest BCUT2D eigenvalue weighted by Gasteiger charge is 2.13. The maximum absolute atomic E-state index is 12.9. The molecule has 19 heavy (non-hydrogen) atoms. The summed E-state index contributed by atoms with van der Waals surface area (Å²) in [7, 11) is 0. The summed E-state index contributed by atoms with van der Waals surface area (Å²) in [4.78, 5) is 5.31. The van der Waals surface area contributed by atoms with Crippen molar-refractivity contribution in [3.05, 3.63) is 52.2 Å². The molecule has 0 atom stereocenters. The number of hydrogen-bond donors (Lipinski definition) is 1. The zero-order chi connectivity index (χ0) is 13.2. The van der Waals surface area contributed by atoms with Crippen LogP contribution in [0, 0.1) is 5.82 Å². The van der Waals surface area contributed by atoms with E-state index in [0.717, 1.165) is 10.9 Å². The van der Waals surface area contributed by atoms with Crippen LogP contribution in [0.15, 0.2) is 40.2 Å². The van der Waals surface area contributed by atoms with Gasteiger partial charge in [-0.3, -0.25) is 0 Å². The summed E-state index contributed by atoms with van der Waals surface area (Å²) in [5, 5.41) is 15.5. The molecule has 2 heterocycles. The quantitative estimate of drug-likeness (QED) is 0.797. The first-order valence-corrected chi connectivity index (χ1v) is 6.44. The van der Waals surface area contributed by atoms with E-state index in [4.69, 9.17) is 4.52 Å². The van der Waals surface area contributed by atoms with Gasteiger partial charge in [0.15, 0.2) is 5.82 Å². The van der Waals surface area contributed by atoms with E-state index >= 15 is 0 Å². The lowest BCUT2D eigenvalue weighted by Crippen LogP contribution is -1.87. The molecule has 3 rings (SSSR count). The van der Waals surface area contributed by atoms with Crippen LogP contribution < -0.4 is 0 Å². The van der Waals surface area contributed by atoms with Crippen molar-refractivity contribution in [2.45, 2.75) is 6.42 Å². The van der Waals surface area contributed by atoms with Gasteiger partial charge in [0, 0.05) is 17.4 Å². The fraction of sp³-hybridized carbons (Fsp3) is 0.0769. The van der Waals surface area contributed by atoms with E-state index in [-0.39, 0.29) is 11.6 Å². The first-order valence-electron chi connectivity index (χ1n) is 5.56. The second-order valence-corrected chi connectivity index (χ2v) is 4.97. The van der Waals surface area contributed by atoms with Gasteiger partial charge in [0.25, 0.3) is 5.89 Å². The summed E-state index contributed by atoms with van der Waals surface area (Å²) in [6.07, 6.45) is 0.573. The first kappa shape index (κ1) is 11.9. The number of nitrogens with zero attached hydrogens (tertiary/aromatic N) is 2. The molecule has 0 aliphatic heterocycles. The van der Waals surface area contributed by atoms with Gasteiger partial charge in [-0.05, 0) is 23.6 Å². The maximum Gasteiger partial charge on any atom is 0.261 e. The van der Waals surface area contributed by atoms with Gasteiger partial charge in [0.2, 0.25) is 0 Å². The molecule has 0 saturated carbocycles. The zero-order valence-electron chi connectivity index (χ0n) is 9.71. The molecule has 4 nitrogen and oxygen atoms in total. The summed E-state index contributed by atoms with van der Waals surface area (Å²) in [5.41, 5.74) is 0.325. The number of halogens is 1. The monoisotopic (exact) mass is 276 g/mol. The van der Waals surface area contributed by atoms with Crippen LogP contribution in [0.1, 0.15) is 10.7 Å². The molecular weight excluding hydrogens is 267 g/mol. The number of thiophene rings is 1. The summed E-state index contributed by atoms with van der Waals surface area (Å²) in [6, 6.07) is 7.59. The van der Waals surface area contributed by atoms with Crippen LogP contribution in [0.2, 0.25) is 0 Å². The lowest BCUT2D eigenvalue weighted by molar-refractivity contribution is 0.418. The van der Waals surface area contributed by atoms with E-state index in [1.807, 2.05) is 17.5 Å². The zero-order valence-corrected chi connectivity index (χ0v) is 10.5. The normalized spacial score (nSPS) is 10.8. The number of phenols is 1. The Labute approximate surface area is 112 Å². The molecule has 1 aromatic carbocycles. The average Bonchev–Trinajstić information content (AvgIpc) is 3.01. The highest BCUT2D eigenvalue weighted by molar-refractivity contribution is 7.09. The summed E-state index contributed by atoms with van der Waals surface area (Å²) < 4.78 is 18.0. The topological polar surface area (TPSA) is 59.2 Å². The smallest absolute Gasteiger partial charge is 0.261 e. The van der Waals surface area contributed by atoms with Crippen molar-refractivity contribution in [1.82, 2.24) is 10.1 Å². The number of hydrogen-bond acceptors (Lipinski definition) is 5. The second kappa shape index (κ2) is 4.81. The molecule has 0 unspecified atom stereocenters. The Bertz CT molecular complexity index is 694. The highest BCUT2D eigenvalue weighted by Crippen LogP contribution is 2.28. The van der Waals surface area contributed by atoms with Crippen molar-refractivity contribution in [2.75, 3.05) is 0 Å². The van der Waals surface area contributed by atoms with Crippen LogP contribution in [0.5, 0.6) is 5.75 Å². The minimum atomic E-state index is -0.514. The van der Waals surface area contributed by atoms with Gasteiger partial charge in [-0.1, -0.05) is 11.2 Å². The SMILES string of the molecule is Oc1cc(F)ccc1-c1nc(Cc2cccs2)no1. The third kappa shape index (κ3) is 2.48. The predicted molar refractivity (Wildman–Crippen MR) is 68.5 cm³/mol. The van der Waals surface area contributed by atoms with E-state index in [0.29, 0.717) is 17.8 Å². The van der Waals surface area contributed by atoms with Crippen molar-refractivity contribution >= 4 is 11.3 Å². The molecule has 0 aliphatic carbocycles. The molecule has 0 fully saturated rings. The first-order chi connectivity index (χ1) is 9.22. The molecule has 6 heteroatoms. The van der Waals surface area contributed by atoms with Gasteiger partial charge < -0.3 is 9.63 Å². The maximum atomic E-state index is 12.9. The third-order valence-corrected chi connectivity index (χ3v) is 3.45. The Morgan fingerprint density at radius 1 is 1.32 bits per heavy atom. The summed E-state index contributed by atoms with van der Waals surface area (Å²) in [6.45, 7) is 0. The predicted octanol–water partition coefficient (Wildman–Crippen LogP) is 3.23. The molecule has 0 radical (unpaired) electrons. The number of aromatic hydroxyl groups is 1. The van der Waals surface area contributed by atoms with Crippen molar-refractivity contribution in [3.63, 3.8) is 0 Å². The molecule has 0 bridgehead atoms. The standard InChI is InChI=1S/C13H9FN2O2S/c14-8-3-4-10(11(17)6-8)13-15-12(16-18-13)7-9-2-1-5-19-9/h1-6,17H,7H2. The Morgan fingerprint density at radius 2 is 2.21 bits per heavy atom. The summed E-state index contributed by atoms with van der Waals surface area (Å²) >= 11 is 1.61. The minimum absolute atomic E-state index is 0.184. The fourth-order valence-corrected chi connectivity index (χ4v) is 2.39. The summed E-state index contributed by atoms with van der Waals surface area (Å²) in [5.74, 6) is -0.0175. The third-order valence-electron chi connectivity index (χ3n) is 2.57. The van der Waals surface area contributed by atoms with Crippen molar-refractivity contribution in [1.29, 1.82) is 0 Å². The molecule has 96 valence electrons. The Morgan fingerprint density at radius 3 is 2.95 bits per heavy atom. The molecule has 1 N–H and O–H groups in total. The van der Waals surface area contributed by atoms with Gasteiger partial charge in [-0.25, -0.2) is 4.39 Å². The van der Waals surface area contributed by atoms with E-state index in [9.17, 15) is 9.50 Å². The van der Waals surface area contributed by atoms with E-state index < -0.39 is 5.82 Å². The number of rotatable bonds is 3. The van der Waals surface area contributed by atoms with Gasteiger partial charge in [-0.2, -0.15) is 4.98 Å². The van der Waals surface area contributed by atoms with Gasteiger partial charge in [0.05, 0.1) is 5.56 Å². The van der Waals surface area contributed by atoms with Gasteiger partial charge >= 0.3 is 0 Å². The Kier molecular flexibility index (Phi) is 3.00. The lowest BCUT2D eigenvalue weighted by Gasteiger charge is -1.98. The molecule has 0 saturated heterocycles. The number of aromatic nitrogens is 2. The van der Waals surface area contributed by atoms with Crippen molar-refractivity contribution in [2.24, 2.45) is 0 Å². The lowest BCUT2D eigenvalue weighted by atomic mass is 10.2. The van der Waals surface area contributed by atoms with Crippen LogP contribution in [-0.4, -0.2) is 15.2 Å². The fourth-order valence-electron chi connectivity index (χ4n) is 1.69. The van der Waals surface area contributed by atoms with Crippen molar-refractivity contribution in [3.8, 4) is 17.2 Å². The van der Waals surface area contributed by atoms with E-state index in [1.165, 1.54) is 12.1 Å².